The molecule has 0 unspecified atom stereocenters. The maximum atomic E-state index is 13.2. The van der Waals surface area contributed by atoms with E-state index in [4.69, 9.17) is 0 Å². The number of nitrogens with zero attached hydrogens (tertiary/aromatic N) is 3. The van der Waals surface area contributed by atoms with Gasteiger partial charge in [-0.05, 0) is 69.2 Å². The number of anilines is 3. The number of amides is 1. The standard InChI is InChI=1S/C23H32N4O3S/c1-5-26(6-2)19-11-9-18(10-12-19)24-23(28)21-17-20(31(29,30)25(3)4)13-14-22(21)27-15-7-8-16-27/h9-14,17H,5-8,15-16H2,1-4H3,(H,24,28). The molecule has 2 aromatic carbocycles. The zero-order valence-electron chi connectivity index (χ0n) is 18.8. The Morgan fingerprint density at radius 3 is 2.16 bits per heavy atom. The number of nitrogens with one attached hydrogen (secondary N) is 1. The van der Waals surface area contributed by atoms with Crippen LogP contribution in [0.4, 0.5) is 17.1 Å². The molecule has 0 atom stereocenters. The molecule has 1 aliphatic rings. The molecule has 1 aliphatic heterocycles. The summed E-state index contributed by atoms with van der Waals surface area (Å²) >= 11 is 0. The smallest absolute Gasteiger partial charge is 0.257 e. The molecule has 2 aromatic rings. The summed E-state index contributed by atoms with van der Waals surface area (Å²) < 4.78 is 26.4. The van der Waals surface area contributed by atoms with Gasteiger partial charge in [-0.2, -0.15) is 0 Å². The minimum atomic E-state index is -3.64. The molecule has 7 nitrogen and oxygen atoms in total. The third kappa shape index (κ3) is 5.02. The second kappa shape index (κ2) is 9.70. The van der Waals surface area contributed by atoms with Gasteiger partial charge in [0.15, 0.2) is 0 Å². The number of benzene rings is 2. The van der Waals surface area contributed by atoms with E-state index in [1.807, 2.05) is 24.3 Å². The molecule has 8 heteroatoms. The van der Waals surface area contributed by atoms with Crippen LogP contribution < -0.4 is 15.1 Å². The van der Waals surface area contributed by atoms with Crippen molar-refractivity contribution in [3.05, 3.63) is 48.0 Å². The van der Waals surface area contributed by atoms with Gasteiger partial charge in [-0.25, -0.2) is 12.7 Å². The van der Waals surface area contributed by atoms with Crippen LogP contribution in [0.2, 0.25) is 0 Å². The number of carbonyl (C=O) groups is 1. The Morgan fingerprint density at radius 2 is 1.61 bits per heavy atom. The Bertz CT molecular complexity index is 1010. The average Bonchev–Trinajstić information content (AvgIpc) is 3.30. The van der Waals surface area contributed by atoms with Crippen molar-refractivity contribution >= 4 is 33.0 Å². The lowest BCUT2D eigenvalue weighted by Gasteiger charge is -2.23. The van der Waals surface area contributed by atoms with Gasteiger partial charge in [0.1, 0.15) is 0 Å². The lowest BCUT2D eigenvalue weighted by atomic mass is 10.1. The zero-order valence-corrected chi connectivity index (χ0v) is 19.6. The SMILES string of the molecule is CCN(CC)c1ccc(NC(=O)c2cc(S(=O)(=O)N(C)C)ccc2N2CCCC2)cc1. The molecule has 1 saturated heterocycles. The first-order chi connectivity index (χ1) is 14.8. The van der Waals surface area contributed by atoms with Crippen LogP contribution in [0.1, 0.15) is 37.0 Å². The van der Waals surface area contributed by atoms with Crippen molar-refractivity contribution in [3.63, 3.8) is 0 Å². The van der Waals surface area contributed by atoms with Gasteiger partial charge in [-0.1, -0.05) is 0 Å². The number of rotatable bonds is 8. The molecule has 1 amide bonds. The van der Waals surface area contributed by atoms with E-state index >= 15 is 0 Å². The fourth-order valence-electron chi connectivity index (χ4n) is 3.84. The molecular formula is C23H32N4O3S. The normalized spacial score (nSPS) is 14.2. The van der Waals surface area contributed by atoms with Crippen molar-refractivity contribution in [3.8, 4) is 0 Å². The van der Waals surface area contributed by atoms with Crippen LogP contribution in [-0.4, -0.2) is 58.9 Å². The predicted molar refractivity (Wildman–Crippen MR) is 127 cm³/mol. The molecule has 1 heterocycles. The largest absolute Gasteiger partial charge is 0.372 e. The highest BCUT2D eigenvalue weighted by atomic mass is 32.2. The van der Waals surface area contributed by atoms with Crippen molar-refractivity contribution in [1.29, 1.82) is 0 Å². The van der Waals surface area contributed by atoms with Gasteiger partial charge in [0, 0.05) is 57.3 Å². The van der Waals surface area contributed by atoms with Gasteiger partial charge in [-0.15, -0.1) is 0 Å². The highest BCUT2D eigenvalue weighted by Crippen LogP contribution is 2.29. The Kier molecular flexibility index (Phi) is 7.23. The first-order valence-corrected chi connectivity index (χ1v) is 12.2. The van der Waals surface area contributed by atoms with Gasteiger partial charge in [0.2, 0.25) is 10.0 Å². The third-order valence-corrected chi connectivity index (χ3v) is 7.50. The second-order valence-electron chi connectivity index (χ2n) is 7.83. The molecule has 168 valence electrons. The summed E-state index contributed by atoms with van der Waals surface area (Å²) in [5.41, 5.74) is 2.92. The highest BCUT2D eigenvalue weighted by Gasteiger charge is 2.24. The van der Waals surface area contributed by atoms with Crippen molar-refractivity contribution in [1.82, 2.24) is 4.31 Å². The molecule has 3 rings (SSSR count). The Balaban J connectivity index is 1.92. The van der Waals surface area contributed by atoms with E-state index in [-0.39, 0.29) is 10.8 Å². The van der Waals surface area contributed by atoms with E-state index in [9.17, 15) is 13.2 Å². The van der Waals surface area contributed by atoms with Crippen molar-refractivity contribution in [2.24, 2.45) is 0 Å². The number of sulfonamides is 1. The summed E-state index contributed by atoms with van der Waals surface area (Å²) in [6, 6.07) is 12.5. The summed E-state index contributed by atoms with van der Waals surface area (Å²) in [6.45, 7) is 7.75. The van der Waals surface area contributed by atoms with Crippen LogP contribution in [-0.2, 0) is 10.0 Å². The summed E-state index contributed by atoms with van der Waals surface area (Å²) in [5.74, 6) is -0.312. The maximum Gasteiger partial charge on any atom is 0.257 e. The van der Waals surface area contributed by atoms with Gasteiger partial charge in [-0.3, -0.25) is 4.79 Å². The molecule has 0 saturated carbocycles. The van der Waals surface area contributed by atoms with Crippen LogP contribution in [0, 0.1) is 0 Å². The predicted octanol–water partition coefficient (Wildman–Crippen LogP) is 3.64. The Morgan fingerprint density at radius 1 is 1.00 bits per heavy atom. The number of carbonyl (C=O) groups excluding carboxylic acids is 1. The monoisotopic (exact) mass is 444 g/mol. The van der Waals surface area contributed by atoms with Crippen LogP contribution in [0.5, 0.6) is 0 Å². The molecule has 0 radical (unpaired) electrons. The van der Waals surface area contributed by atoms with Crippen molar-refractivity contribution < 1.29 is 13.2 Å². The zero-order chi connectivity index (χ0) is 22.6. The molecule has 1 fully saturated rings. The van der Waals surface area contributed by atoms with Crippen molar-refractivity contribution in [2.45, 2.75) is 31.6 Å². The van der Waals surface area contributed by atoms with Crippen LogP contribution in [0.15, 0.2) is 47.4 Å². The molecule has 0 aliphatic carbocycles. The minimum absolute atomic E-state index is 0.113. The third-order valence-electron chi connectivity index (χ3n) is 5.69. The molecule has 0 aromatic heterocycles. The van der Waals surface area contributed by atoms with E-state index in [1.54, 1.807) is 12.1 Å². The lowest BCUT2D eigenvalue weighted by molar-refractivity contribution is 0.102. The first-order valence-electron chi connectivity index (χ1n) is 10.8. The van der Waals surface area contributed by atoms with E-state index in [1.165, 1.54) is 20.2 Å². The van der Waals surface area contributed by atoms with E-state index < -0.39 is 10.0 Å². The second-order valence-corrected chi connectivity index (χ2v) is 9.99. The molecular weight excluding hydrogens is 412 g/mol. The van der Waals surface area contributed by atoms with Crippen LogP contribution in [0.3, 0.4) is 0 Å². The van der Waals surface area contributed by atoms with Gasteiger partial charge in [0.25, 0.3) is 5.91 Å². The number of hydrogen-bond acceptors (Lipinski definition) is 5. The van der Waals surface area contributed by atoms with Gasteiger partial charge < -0.3 is 15.1 Å². The Hall–Kier alpha value is -2.58. The summed E-state index contributed by atoms with van der Waals surface area (Å²) in [6.07, 6.45) is 2.12. The fraction of sp³-hybridized carbons (Fsp3) is 0.435. The fourth-order valence-corrected chi connectivity index (χ4v) is 4.77. The molecule has 0 spiro atoms. The van der Waals surface area contributed by atoms with Crippen LogP contribution in [0.25, 0.3) is 0 Å². The van der Waals surface area contributed by atoms with E-state index in [2.05, 4.69) is 29.0 Å². The van der Waals surface area contributed by atoms with E-state index in [0.29, 0.717) is 11.3 Å². The average molecular weight is 445 g/mol. The number of hydrogen-bond donors (Lipinski definition) is 1. The topological polar surface area (TPSA) is 73.0 Å². The van der Waals surface area contributed by atoms with Gasteiger partial charge in [0.05, 0.1) is 10.5 Å². The van der Waals surface area contributed by atoms with Crippen molar-refractivity contribution in [2.75, 3.05) is 55.4 Å². The minimum Gasteiger partial charge on any atom is -0.372 e. The maximum absolute atomic E-state index is 13.2. The Labute approximate surface area is 185 Å². The summed E-state index contributed by atoms with van der Waals surface area (Å²) in [7, 11) is -0.664. The highest BCUT2D eigenvalue weighted by molar-refractivity contribution is 7.89. The summed E-state index contributed by atoms with van der Waals surface area (Å²) in [5, 5.41) is 2.94. The quantitative estimate of drug-likeness (QED) is 0.673. The van der Waals surface area contributed by atoms with Gasteiger partial charge >= 0.3 is 0 Å². The molecule has 31 heavy (non-hydrogen) atoms. The molecule has 1 N–H and O–H groups in total. The lowest BCUT2D eigenvalue weighted by Crippen LogP contribution is -2.25. The van der Waals surface area contributed by atoms with E-state index in [0.717, 1.165) is 54.7 Å². The molecule has 0 bridgehead atoms. The first kappa shape index (κ1) is 23.1. The summed E-state index contributed by atoms with van der Waals surface area (Å²) in [4.78, 5) is 17.7. The van der Waals surface area contributed by atoms with Crippen LogP contribution >= 0.6 is 0 Å².